The zero-order valence-electron chi connectivity index (χ0n) is 11.7. The summed E-state index contributed by atoms with van der Waals surface area (Å²) < 4.78 is 0. The van der Waals surface area contributed by atoms with Crippen LogP contribution in [-0.4, -0.2) is 73.6 Å². The van der Waals surface area contributed by atoms with E-state index in [1.807, 2.05) is 0 Å². The Morgan fingerprint density at radius 3 is 2.12 bits per heavy atom. The second-order valence-corrected chi connectivity index (χ2v) is 5.54. The SMILES string of the molecule is CC(C)N(C)C(C)CCN1CCN(C)CC1. The molecule has 1 atom stereocenters. The Balaban J connectivity index is 2.19. The van der Waals surface area contributed by atoms with E-state index in [2.05, 4.69) is 49.6 Å². The van der Waals surface area contributed by atoms with E-state index in [1.165, 1.54) is 39.1 Å². The minimum Gasteiger partial charge on any atom is -0.304 e. The van der Waals surface area contributed by atoms with Crippen LogP contribution in [0.1, 0.15) is 27.2 Å². The quantitative estimate of drug-likeness (QED) is 0.702. The molecule has 0 aromatic carbocycles. The summed E-state index contributed by atoms with van der Waals surface area (Å²) in [5, 5.41) is 0. The molecule has 0 spiro atoms. The maximum absolute atomic E-state index is 2.60. The van der Waals surface area contributed by atoms with E-state index in [0.717, 1.165) is 0 Å². The van der Waals surface area contributed by atoms with Crippen molar-refractivity contribution >= 4 is 0 Å². The lowest BCUT2D eigenvalue weighted by Gasteiger charge is -2.34. The van der Waals surface area contributed by atoms with Crippen molar-refractivity contribution in [3.63, 3.8) is 0 Å². The van der Waals surface area contributed by atoms with Gasteiger partial charge in [0, 0.05) is 38.3 Å². The summed E-state index contributed by atoms with van der Waals surface area (Å²) in [6.07, 6.45) is 1.29. The minimum absolute atomic E-state index is 0.655. The first-order valence-electron chi connectivity index (χ1n) is 6.63. The van der Waals surface area contributed by atoms with Crippen molar-refractivity contribution in [2.24, 2.45) is 0 Å². The second-order valence-electron chi connectivity index (χ2n) is 5.54. The van der Waals surface area contributed by atoms with E-state index in [1.54, 1.807) is 0 Å². The molecular formula is C13H29N3. The third kappa shape index (κ3) is 4.40. The molecule has 1 aliphatic rings. The molecule has 1 fully saturated rings. The molecule has 16 heavy (non-hydrogen) atoms. The fraction of sp³-hybridized carbons (Fsp3) is 1.00. The van der Waals surface area contributed by atoms with Crippen molar-refractivity contribution in [1.82, 2.24) is 14.7 Å². The largest absolute Gasteiger partial charge is 0.304 e. The van der Waals surface area contributed by atoms with Gasteiger partial charge in [0.15, 0.2) is 0 Å². The van der Waals surface area contributed by atoms with Crippen LogP contribution in [0.4, 0.5) is 0 Å². The van der Waals surface area contributed by atoms with Gasteiger partial charge in [0.1, 0.15) is 0 Å². The standard InChI is InChI=1S/C13H29N3/c1-12(2)15(5)13(3)6-7-16-10-8-14(4)9-11-16/h12-13H,6-11H2,1-5H3. The Kier molecular flexibility index (Phi) is 5.73. The Labute approximate surface area is 101 Å². The van der Waals surface area contributed by atoms with Crippen molar-refractivity contribution in [3.8, 4) is 0 Å². The lowest BCUT2D eigenvalue weighted by atomic mass is 10.1. The molecule has 0 N–H and O–H groups in total. The molecule has 1 unspecified atom stereocenters. The second kappa shape index (κ2) is 6.58. The molecule has 0 saturated carbocycles. The fourth-order valence-corrected chi connectivity index (χ4v) is 2.15. The van der Waals surface area contributed by atoms with Crippen LogP contribution in [0.25, 0.3) is 0 Å². The zero-order valence-corrected chi connectivity index (χ0v) is 11.7. The van der Waals surface area contributed by atoms with Crippen molar-refractivity contribution < 1.29 is 0 Å². The minimum atomic E-state index is 0.655. The molecule has 1 rings (SSSR count). The molecule has 0 radical (unpaired) electrons. The average Bonchev–Trinajstić information content (AvgIpc) is 2.26. The summed E-state index contributed by atoms with van der Waals surface area (Å²) in [5.41, 5.74) is 0. The lowest BCUT2D eigenvalue weighted by Crippen LogP contribution is -2.46. The highest BCUT2D eigenvalue weighted by Crippen LogP contribution is 2.08. The van der Waals surface area contributed by atoms with Crippen LogP contribution in [0.3, 0.4) is 0 Å². The van der Waals surface area contributed by atoms with Gasteiger partial charge in [-0.15, -0.1) is 0 Å². The zero-order chi connectivity index (χ0) is 12.1. The predicted molar refractivity (Wildman–Crippen MR) is 70.9 cm³/mol. The van der Waals surface area contributed by atoms with E-state index < -0.39 is 0 Å². The number of hydrogen-bond acceptors (Lipinski definition) is 3. The highest BCUT2D eigenvalue weighted by molar-refractivity contribution is 4.73. The van der Waals surface area contributed by atoms with Gasteiger partial charge in [0.05, 0.1) is 0 Å². The molecule has 1 aliphatic heterocycles. The van der Waals surface area contributed by atoms with Gasteiger partial charge in [0.25, 0.3) is 0 Å². The maximum atomic E-state index is 2.60. The van der Waals surface area contributed by atoms with Crippen LogP contribution in [0.5, 0.6) is 0 Å². The van der Waals surface area contributed by atoms with E-state index in [4.69, 9.17) is 0 Å². The first-order chi connectivity index (χ1) is 7.50. The van der Waals surface area contributed by atoms with E-state index in [-0.39, 0.29) is 0 Å². The van der Waals surface area contributed by atoms with Crippen LogP contribution >= 0.6 is 0 Å². The van der Waals surface area contributed by atoms with Gasteiger partial charge in [-0.3, -0.25) is 0 Å². The first kappa shape index (κ1) is 13.9. The normalized spacial score (nSPS) is 21.9. The summed E-state index contributed by atoms with van der Waals surface area (Å²) in [7, 11) is 4.45. The van der Waals surface area contributed by atoms with Gasteiger partial charge in [-0.1, -0.05) is 0 Å². The summed E-state index contributed by atoms with van der Waals surface area (Å²) in [6.45, 7) is 13.1. The van der Waals surface area contributed by atoms with E-state index in [0.29, 0.717) is 12.1 Å². The molecule has 0 aromatic heterocycles. The number of likely N-dealkylation sites (N-methyl/N-ethyl adjacent to an activating group) is 1. The molecule has 0 amide bonds. The molecular weight excluding hydrogens is 198 g/mol. The predicted octanol–water partition coefficient (Wildman–Crippen LogP) is 1.35. The molecule has 96 valence electrons. The van der Waals surface area contributed by atoms with Crippen molar-refractivity contribution in [2.75, 3.05) is 46.8 Å². The molecule has 0 aliphatic carbocycles. The molecule has 1 heterocycles. The van der Waals surface area contributed by atoms with Crippen LogP contribution < -0.4 is 0 Å². The van der Waals surface area contributed by atoms with E-state index in [9.17, 15) is 0 Å². The highest BCUT2D eigenvalue weighted by atomic mass is 15.2. The molecule has 1 saturated heterocycles. The lowest BCUT2D eigenvalue weighted by molar-refractivity contribution is 0.130. The Morgan fingerprint density at radius 2 is 1.62 bits per heavy atom. The van der Waals surface area contributed by atoms with Crippen molar-refractivity contribution in [3.05, 3.63) is 0 Å². The van der Waals surface area contributed by atoms with Crippen LogP contribution in [-0.2, 0) is 0 Å². The topological polar surface area (TPSA) is 9.72 Å². The van der Waals surface area contributed by atoms with Crippen LogP contribution in [0.2, 0.25) is 0 Å². The van der Waals surface area contributed by atoms with Gasteiger partial charge < -0.3 is 14.7 Å². The Hall–Kier alpha value is -0.120. The third-order valence-corrected chi connectivity index (χ3v) is 3.97. The monoisotopic (exact) mass is 227 g/mol. The number of piperazine rings is 1. The maximum Gasteiger partial charge on any atom is 0.0110 e. The van der Waals surface area contributed by atoms with Gasteiger partial charge in [0.2, 0.25) is 0 Å². The van der Waals surface area contributed by atoms with Gasteiger partial charge in [-0.25, -0.2) is 0 Å². The van der Waals surface area contributed by atoms with E-state index >= 15 is 0 Å². The Bertz CT molecular complexity index is 186. The third-order valence-electron chi connectivity index (χ3n) is 3.97. The summed E-state index contributed by atoms with van der Waals surface area (Å²) in [4.78, 5) is 7.49. The highest BCUT2D eigenvalue weighted by Gasteiger charge is 2.16. The first-order valence-corrected chi connectivity index (χ1v) is 6.63. The van der Waals surface area contributed by atoms with Gasteiger partial charge >= 0.3 is 0 Å². The van der Waals surface area contributed by atoms with Gasteiger partial charge in [-0.05, 0) is 47.8 Å². The fourth-order valence-electron chi connectivity index (χ4n) is 2.15. The van der Waals surface area contributed by atoms with Crippen molar-refractivity contribution in [2.45, 2.75) is 39.3 Å². The number of nitrogens with zero attached hydrogens (tertiary/aromatic N) is 3. The van der Waals surface area contributed by atoms with Crippen LogP contribution in [0.15, 0.2) is 0 Å². The number of hydrogen-bond donors (Lipinski definition) is 0. The summed E-state index contributed by atoms with van der Waals surface area (Å²) in [5.74, 6) is 0. The Morgan fingerprint density at radius 1 is 1.06 bits per heavy atom. The smallest absolute Gasteiger partial charge is 0.0110 e. The summed E-state index contributed by atoms with van der Waals surface area (Å²) >= 11 is 0. The van der Waals surface area contributed by atoms with Crippen LogP contribution in [0, 0.1) is 0 Å². The molecule has 3 heteroatoms. The average molecular weight is 227 g/mol. The molecule has 3 nitrogen and oxygen atoms in total. The van der Waals surface area contributed by atoms with Gasteiger partial charge in [-0.2, -0.15) is 0 Å². The van der Waals surface area contributed by atoms with Crippen molar-refractivity contribution in [1.29, 1.82) is 0 Å². The molecule has 0 aromatic rings. The number of rotatable bonds is 5. The molecule has 0 bridgehead atoms. The summed E-state index contributed by atoms with van der Waals surface area (Å²) in [6, 6.07) is 1.35.